The van der Waals surface area contributed by atoms with Crippen molar-refractivity contribution in [2.75, 3.05) is 5.32 Å². The Bertz CT molecular complexity index is 733. The summed E-state index contributed by atoms with van der Waals surface area (Å²) >= 11 is 3.08. The molecule has 0 atom stereocenters. The monoisotopic (exact) mass is 353 g/mol. The van der Waals surface area contributed by atoms with Gasteiger partial charge in [0.25, 0.3) is 5.91 Å². The van der Waals surface area contributed by atoms with Gasteiger partial charge in [0.05, 0.1) is 15.7 Å². The first-order valence-corrected chi connectivity index (χ1v) is 6.50. The van der Waals surface area contributed by atoms with E-state index in [1.54, 1.807) is 0 Å². The van der Waals surface area contributed by atoms with Crippen molar-refractivity contribution in [3.8, 4) is 5.75 Å². The number of hydrogen-bond acceptors (Lipinski definition) is 3. The number of carbonyl (C=O) groups is 2. The maximum absolute atomic E-state index is 13.1. The van der Waals surface area contributed by atoms with Crippen molar-refractivity contribution in [3.63, 3.8) is 0 Å². The van der Waals surface area contributed by atoms with Crippen LogP contribution >= 0.6 is 15.9 Å². The van der Waals surface area contributed by atoms with E-state index in [1.807, 2.05) is 0 Å². The molecule has 3 N–H and O–H groups in total. The molecule has 7 heteroatoms. The number of carboxylic acids is 1. The lowest BCUT2D eigenvalue weighted by Gasteiger charge is -2.09. The average molecular weight is 354 g/mol. The van der Waals surface area contributed by atoms with Crippen LogP contribution in [-0.4, -0.2) is 22.1 Å². The molecule has 1 amide bonds. The van der Waals surface area contributed by atoms with Crippen molar-refractivity contribution in [2.45, 2.75) is 0 Å². The maximum Gasteiger partial charge on any atom is 0.337 e. The molecule has 108 valence electrons. The number of hydrogen-bond donors (Lipinski definition) is 3. The van der Waals surface area contributed by atoms with Gasteiger partial charge in [-0.3, -0.25) is 4.79 Å². The zero-order chi connectivity index (χ0) is 15.6. The third-order valence-electron chi connectivity index (χ3n) is 2.67. The summed E-state index contributed by atoms with van der Waals surface area (Å²) in [6.07, 6.45) is 0. The maximum atomic E-state index is 13.1. The van der Waals surface area contributed by atoms with E-state index in [2.05, 4.69) is 21.2 Å². The van der Waals surface area contributed by atoms with E-state index >= 15 is 0 Å². The molecule has 5 nitrogen and oxygen atoms in total. The fraction of sp³-hybridized carbons (Fsp3) is 0. The van der Waals surface area contributed by atoms with Crippen molar-refractivity contribution < 1.29 is 24.2 Å². The lowest BCUT2D eigenvalue weighted by molar-refractivity contribution is 0.0697. The van der Waals surface area contributed by atoms with Crippen molar-refractivity contribution >= 4 is 33.5 Å². The standard InChI is InChI=1S/C14H9BrFNO4/c15-10-3-1-7(5-12(10)18)13(19)17-11-4-2-8(16)6-9(11)14(20)21/h1-6,18H,(H,17,19)(H,20,21). The Kier molecular flexibility index (Phi) is 4.23. The molecule has 0 aliphatic carbocycles. The van der Waals surface area contributed by atoms with Gasteiger partial charge in [-0.1, -0.05) is 0 Å². The van der Waals surface area contributed by atoms with Crippen LogP contribution in [0.2, 0.25) is 0 Å². The van der Waals surface area contributed by atoms with Crippen LogP contribution < -0.4 is 5.32 Å². The molecular weight excluding hydrogens is 345 g/mol. The molecule has 2 rings (SSSR count). The topological polar surface area (TPSA) is 86.6 Å². The van der Waals surface area contributed by atoms with Gasteiger partial charge in [-0.05, 0) is 52.3 Å². The van der Waals surface area contributed by atoms with Gasteiger partial charge < -0.3 is 15.5 Å². The Morgan fingerprint density at radius 2 is 1.86 bits per heavy atom. The molecule has 2 aromatic rings. The molecule has 0 bridgehead atoms. The number of aromatic carboxylic acids is 1. The molecule has 0 spiro atoms. The highest BCUT2D eigenvalue weighted by Crippen LogP contribution is 2.25. The smallest absolute Gasteiger partial charge is 0.337 e. The third-order valence-corrected chi connectivity index (χ3v) is 3.34. The Morgan fingerprint density at radius 3 is 2.48 bits per heavy atom. The summed E-state index contributed by atoms with van der Waals surface area (Å²) in [5, 5.41) is 20.9. The number of anilines is 1. The van der Waals surface area contributed by atoms with Crippen molar-refractivity contribution in [1.82, 2.24) is 0 Å². The van der Waals surface area contributed by atoms with Gasteiger partial charge in [0, 0.05) is 5.56 Å². The summed E-state index contributed by atoms with van der Waals surface area (Å²) < 4.78 is 13.5. The van der Waals surface area contributed by atoms with E-state index in [0.29, 0.717) is 4.47 Å². The predicted molar refractivity (Wildman–Crippen MR) is 77.1 cm³/mol. The van der Waals surface area contributed by atoms with Gasteiger partial charge in [-0.25, -0.2) is 9.18 Å². The molecule has 0 aromatic heterocycles. The van der Waals surface area contributed by atoms with Gasteiger partial charge in [0.15, 0.2) is 0 Å². The molecule has 2 aromatic carbocycles. The van der Waals surface area contributed by atoms with Crippen molar-refractivity contribution in [3.05, 3.63) is 57.8 Å². The largest absolute Gasteiger partial charge is 0.507 e. The molecule has 0 aliphatic heterocycles. The lowest BCUT2D eigenvalue weighted by Crippen LogP contribution is -2.15. The van der Waals surface area contributed by atoms with Gasteiger partial charge in [-0.15, -0.1) is 0 Å². The summed E-state index contributed by atoms with van der Waals surface area (Å²) in [7, 11) is 0. The van der Waals surface area contributed by atoms with E-state index < -0.39 is 17.7 Å². The van der Waals surface area contributed by atoms with E-state index in [9.17, 15) is 19.1 Å². The number of nitrogens with one attached hydrogen (secondary N) is 1. The summed E-state index contributed by atoms with van der Waals surface area (Å²) in [6.45, 7) is 0. The van der Waals surface area contributed by atoms with Crippen LogP contribution in [0.25, 0.3) is 0 Å². The summed E-state index contributed by atoms with van der Waals surface area (Å²) in [6, 6.07) is 7.17. The zero-order valence-corrected chi connectivity index (χ0v) is 12.0. The highest BCUT2D eigenvalue weighted by atomic mass is 79.9. The number of rotatable bonds is 3. The van der Waals surface area contributed by atoms with Crippen LogP contribution in [0.15, 0.2) is 40.9 Å². The average Bonchev–Trinajstić information content (AvgIpc) is 2.43. The fourth-order valence-corrected chi connectivity index (χ4v) is 1.90. The van der Waals surface area contributed by atoms with E-state index in [1.165, 1.54) is 18.2 Å². The number of phenolic OH excluding ortho intramolecular Hbond substituents is 1. The first-order valence-electron chi connectivity index (χ1n) is 5.71. The predicted octanol–water partition coefficient (Wildman–Crippen LogP) is 3.24. The van der Waals surface area contributed by atoms with Crippen LogP contribution in [0.5, 0.6) is 5.75 Å². The molecule has 0 heterocycles. The minimum Gasteiger partial charge on any atom is -0.507 e. The highest BCUT2D eigenvalue weighted by molar-refractivity contribution is 9.10. The second-order valence-corrected chi connectivity index (χ2v) is 4.97. The normalized spacial score (nSPS) is 10.2. The van der Waals surface area contributed by atoms with Crippen LogP contribution in [0.3, 0.4) is 0 Å². The SMILES string of the molecule is O=C(Nc1ccc(F)cc1C(=O)O)c1ccc(Br)c(O)c1. The molecule has 0 saturated carbocycles. The van der Waals surface area contributed by atoms with Crippen molar-refractivity contribution in [1.29, 1.82) is 0 Å². The Morgan fingerprint density at radius 1 is 1.14 bits per heavy atom. The fourth-order valence-electron chi connectivity index (χ4n) is 1.65. The van der Waals surface area contributed by atoms with E-state index in [-0.39, 0.29) is 22.6 Å². The van der Waals surface area contributed by atoms with Gasteiger partial charge >= 0.3 is 5.97 Å². The number of benzene rings is 2. The minimum absolute atomic E-state index is 0.0312. The quantitative estimate of drug-likeness (QED) is 0.790. The Balaban J connectivity index is 2.31. The number of amides is 1. The first-order chi connectivity index (χ1) is 9.88. The van der Waals surface area contributed by atoms with Crippen LogP contribution in [0.1, 0.15) is 20.7 Å². The van der Waals surface area contributed by atoms with Crippen LogP contribution in [-0.2, 0) is 0 Å². The Hall–Kier alpha value is -2.41. The number of halogens is 2. The number of carbonyl (C=O) groups excluding carboxylic acids is 1. The molecular formula is C14H9BrFNO4. The number of aromatic hydroxyl groups is 1. The summed E-state index contributed by atoms with van der Waals surface area (Å²) in [5.41, 5.74) is -0.252. The van der Waals surface area contributed by atoms with Gasteiger partial charge in [0.1, 0.15) is 11.6 Å². The molecule has 0 radical (unpaired) electrons. The van der Waals surface area contributed by atoms with Crippen LogP contribution in [0.4, 0.5) is 10.1 Å². The number of phenols is 1. The summed E-state index contributed by atoms with van der Waals surface area (Å²) in [5.74, 6) is -2.82. The van der Waals surface area contributed by atoms with Crippen molar-refractivity contribution in [2.24, 2.45) is 0 Å². The highest BCUT2D eigenvalue weighted by Gasteiger charge is 2.15. The molecule has 0 saturated heterocycles. The van der Waals surface area contributed by atoms with E-state index in [4.69, 9.17) is 5.11 Å². The molecule has 0 fully saturated rings. The third kappa shape index (κ3) is 3.38. The van der Waals surface area contributed by atoms with Crippen LogP contribution in [0, 0.1) is 5.82 Å². The van der Waals surface area contributed by atoms with Gasteiger partial charge in [-0.2, -0.15) is 0 Å². The molecule has 0 aliphatic rings. The van der Waals surface area contributed by atoms with E-state index in [0.717, 1.165) is 18.2 Å². The molecule has 21 heavy (non-hydrogen) atoms. The second-order valence-electron chi connectivity index (χ2n) is 4.12. The minimum atomic E-state index is -1.36. The Labute approximate surface area is 127 Å². The zero-order valence-electron chi connectivity index (χ0n) is 10.4. The summed E-state index contributed by atoms with van der Waals surface area (Å²) in [4.78, 5) is 23.0. The first kappa shape index (κ1) is 15.0. The molecule has 0 unspecified atom stereocenters. The van der Waals surface area contributed by atoms with Gasteiger partial charge in [0.2, 0.25) is 0 Å². The number of carboxylic acid groups (broad SMARTS) is 1. The second kappa shape index (κ2) is 5.92. The lowest BCUT2D eigenvalue weighted by atomic mass is 10.1.